The van der Waals surface area contributed by atoms with E-state index in [0.717, 1.165) is 22.9 Å². The maximum absolute atomic E-state index is 12.5. The molecule has 1 aliphatic rings. The minimum absolute atomic E-state index is 0.0343. The smallest absolute Gasteiger partial charge is 0.255 e. The molecule has 6 nitrogen and oxygen atoms in total. The highest BCUT2D eigenvalue weighted by Crippen LogP contribution is 2.29. The maximum atomic E-state index is 12.5. The van der Waals surface area contributed by atoms with Crippen LogP contribution in [-0.4, -0.2) is 27.5 Å². The van der Waals surface area contributed by atoms with E-state index < -0.39 is 15.9 Å². The zero-order valence-electron chi connectivity index (χ0n) is 14.4. The molecule has 2 N–H and O–H groups in total. The normalized spacial score (nSPS) is 14.1. The zero-order valence-corrected chi connectivity index (χ0v) is 16.8. The number of carbonyl (C=O) groups is 1. The first-order valence-corrected chi connectivity index (χ1v) is 10.4. The van der Waals surface area contributed by atoms with Crippen molar-refractivity contribution in [2.24, 2.45) is 0 Å². The number of halogens is 1. The SMILES string of the molecule is COc1ccc(C(=O)Nc2ccc(Br)c(C)c2)cc1S(=O)(=O)NC1CC1. The van der Waals surface area contributed by atoms with E-state index in [4.69, 9.17) is 4.74 Å². The van der Waals surface area contributed by atoms with Crippen molar-refractivity contribution in [3.63, 3.8) is 0 Å². The van der Waals surface area contributed by atoms with Gasteiger partial charge < -0.3 is 10.1 Å². The molecule has 0 saturated heterocycles. The van der Waals surface area contributed by atoms with Gasteiger partial charge in [-0.15, -0.1) is 0 Å². The van der Waals surface area contributed by atoms with E-state index in [0.29, 0.717) is 5.69 Å². The number of anilines is 1. The van der Waals surface area contributed by atoms with Crippen LogP contribution in [0.3, 0.4) is 0 Å². The van der Waals surface area contributed by atoms with E-state index in [1.165, 1.54) is 25.3 Å². The van der Waals surface area contributed by atoms with Gasteiger partial charge in [0.1, 0.15) is 10.6 Å². The molecule has 1 fully saturated rings. The lowest BCUT2D eigenvalue weighted by Gasteiger charge is -2.12. The van der Waals surface area contributed by atoms with Crippen LogP contribution < -0.4 is 14.8 Å². The third kappa shape index (κ3) is 4.25. The molecule has 1 saturated carbocycles. The molecular weight excluding hydrogens is 420 g/mol. The van der Waals surface area contributed by atoms with Gasteiger partial charge in [-0.2, -0.15) is 0 Å². The Hall–Kier alpha value is -1.90. The van der Waals surface area contributed by atoms with Gasteiger partial charge in [0.15, 0.2) is 0 Å². The molecule has 0 aromatic heterocycles. The lowest BCUT2D eigenvalue weighted by atomic mass is 10.2. The van der Waals surface area contributed by atoms with Crippen LogP contribution in [-0.2, 0) is 10.0 Å². The Balaban J connectivity index is 1.88. The monoisotopic (exact) mass is 438 g/mol. The van der Waals surface area contributed by atoms with Gasteiger partial charge >= 0.3 is 0 Å². The molecule has 26 heavy (non-hydrogen) atoms. The maximum Gasteiger partial charge on any atom is 0.255 e. The van der Waals surface area contributed by atoms with Crippen molar-refractivity contribution in [2.75, 3.05) is 12.4 Å². The number of sulfonamides is 1. The van der Waals surface area contributed by atoms with Gasteiger partial charge in [-0.25, -0.2) is 13.1 Å². The molecule has 2 aromatic carbocycles. The Bertz CT molecular complexity index is 956. The zero-order chi connectivity index (χ0) is 18.9. The van der Waals surface area contributed by atoms with Crippen LogP contribution in [0.1, 0.15) is 28.8 Å². The topological polar surface area (TPSA) is 84.5 Å². The van der Waals surface area contributed by atoms with Gasteiger partial charge in [0.25, 0.3) is 5.91 Å². The van der Waals surface area contributed by atoms with Gasteiger partial charge in [0.2, 0.25) is 10.0 Å². The van der Waals surface area contributed by atoms with Crippen LogP contribution in [0.4, 0.5) is 5.69 Å². The largest absolute Gasteiger partial charge is 0.495 e. The number of methoxy groups -OCH3 is 1. The Kier molecular flexibility index (Phi) is 5.36. The lowest BCUT2D eigenvalue weighted by molar-refractivity contribution is 0.102. The predicted molar refractivity (Wildman–Crippen MR) is 103 cm³/mol. The fourth-order valence-electron chi connectivity index (χ4n) is 2.44. The second-order valence-corrected chi connectivity index (χ2v) is 8.72. The summed E-state index contributed by atoms with van der Waals surface area (Å²) in [6.07, 6.45) is 1.65. The summed E-state index contributed by atoms with van der Waals surface area (Å²) in [5, 5.41) is 2.78. The van der Waals surface area contributed by atoms with E-state index in [1.807, 2.05) is 19.1 Å². The summed E-state index contributed by atoms with van der Waals surface area (Å²) < 4.78 is 33.8. The predicted octanol–water partition coefficient (Wildman–Crippen LogP) is 3.46. The molecule has 0 spiro atoms. The molecule has 1 amide bonds. The van der Waals surface area contributed by atoms with Gasteiger partial charge in [-0.05, 0) is 61.7 Å². The van der Waals surface area contributed by atoms with Crippen molar-refractivity contribution in [1.29, 1.82) is 0 Å². The standard InChI is InChI=1S/C18H19BrN2O4S/c1-11-9-14(6-7-15(11)19)20-18(22)12-3-8-16(25-2)17(10-12)26(23,24)21-13-4-5-13/h3,6-10,13,21H,4-5H2,1-2H3,(H,20,22). The van der Waals surface area contributed by atoms with Crippen molar-refractivity contribution >= 4 is 37.5 Å². The van der Waals surface area contributed by atoms with E-state index in [1.54, 1.807) is 6.07 Å². The molecule has 0 unspecified atom stereocenters. The quantitative estimate of drug-likeness (QED) is 0.722. The summed E-state index contributed by atoms with van der Waals surface area (Å²) in [5.41, 5.74) is 1.85. The molecule has 138 valence electrons. The molecule has 0 heterocycles. The third-order valence-electron chi connectivity index (χ3n) is 4.03. The van der Waals surface area contributed by atoms with Crippen LogP contribution in [0, 0.1) is 6.92 Å². The first-order chi connectivity index (χ1) is 12.3. The first-order valence-electron chi connectivity index (χ1n) is 8.08. The number of ether oxygens (including phenoxy) is 1. The van der Waals surface area contributed by atoms with Crippen molar-refractivity contribution < 1.29 is 17.9 Å². The van der Waals surface area contributed by atoms with Crippen molar-refractivity contribution in [2.45, 2.75) is 30.7 Å². The molecule has 2 aromatic rings. The number of amides is 1. The number of hydrogen-bond acceptors (Lipinski definition) is 4. The van der Waals surface area contributed by atoms with Crippen molar-refractivity contribution in [1.82, 2.24) is 4.72 Å². The molecule has 0 atom stereocenters. The van der Waals surface area contributed by atoms with Crippen LogP contribution >= 0.6 is 15.9 Å². The van der Waals surface area contributed by atoms with Gasteiger partial charge in [0, 0.05) is 21.8 Å². The number of hydrogen-bond donors (Lipinski definition) is 2. The van der Waals surface area contributed by atoms with Crippen LogP contribution in [0.5, 0.6) is 5.75 Å². The Morgan fingerprint density at radius 3 is 2.54 bits per heavy atom. The third-order valence-corrected chi connectivity index (χ3v) is 6.46. The highest BCUT2D eigenvalue weighted by molar-refractivity contribution is 9.10. The summed E-state index contributed by atoms with van der Waals surface area (Å²) in [4.78, 5) is 12.5. The first kappa shape index (κ1) is 18.9. The highest BCUT2D eigenvalue weighted by atomic mass is 79.9. The average Bonchev–Trinajstić information content (AvgIpc) is 3.40. The van der Waals surface area contributed by atoms with E-state index in [2.05, 4.69) is 26.0 Å². The second-order valence-electron chi connectivity index (χ2n) is 6.18. The second kappa shape index (κ2) is 7.38. The van der Waals surface area contributed by atoms with E-state index >= 15 is 0 Å². The molecule has 8 heteroatoms. The number of aryl methyl sites for hydroxylation is 1. The summed E-state index contributed by atoms with van der Waals surface area (Å²) >= 11 is 3.41. The molecule has 3 rings (SSSR count). The fourth-order valence-corrected chi connectivity index (χ4v) is 4.18. The molecule has 0 bridgehead atoms. The van der Waals surface area contributed by atoms with Crippen LogP contribution in [0.25, 0.3) is 0 Å². The number of nitrogens with one attached hydrogen (secondary N) is 2. The number of benzene rings is 2. The number of carbonyl (C=O) groups excluding carboxylic acids is 1. The lowest BCUT2D eigenvalue weighted by Crippen LogP contribution is -2.26. The van der Waals surface area contributed by atoms with Gasteiger partial charge in [-0.1, -0.05) is 15.9 Å². The Morgan fingerprint density at radius 1 is 1.19 bits per heavy atom. The molecule has 0 radical (unpaired) electrons. The van der Waals surface area contributed by atoms with E-state index in [-0.39, 0.29) is 22.3 Å². The fraction of sp³-hybridized carbons (Fsp3) is 0.278. The van der Waals surface area contributed by atoms with Crippen molar-refractivity contribution in [3.8, 4) is 5.75 Å². The summed E-state index contributed by atoms with van der Waals surface area (Å²) in [5.74, 6) is -0.188. The van der Waals surface area contributed by atoms with Crippen molar-refractivity contribution in [3.05, 3.63) is 52.0 Å². The van der Waals surface area contributed by atoms with Crippen LogP contribution in [0.2, 0.25) is 0 Å². The molecule has 1 aliphatic carbocycles. The minimum Gasteiger partial charge on any atom is -0.495 e. The van der Waals surface area contributed by atoms with Crippen LogP contribution in [0.15, 0.2) is 45.8 Å². The molecular formula is C18H19BrN2O4S. The van der Waals surface area contributed by atoms with Gasteiger partial charge in [0.05, 0.1) is 7.11 Å². The van der Waals surface area contributed by atoms with Gasteiger partial charge in [-0.3, -0.25) is 4.79 Å². The molecule has 0 aliphatic heterocycles. The summed E-state index contributed by atoms with van der Waals surface area (Å²) in [6.45, 7) is 1.92. The summed E-state index contributed by atoms with van der Waals surface area (Å²) in [6, 6.07) is 9.77. The summed E-state index contributed by atoms with van der Waals surface area (Å²) in [7, 11) is -2.34. The minimum atomic E-state index is -3.74. The number of rotatable bonds is 6. The van der Waals surface area contributed by atoms with E-state index in [9.17, 15) is 13.2 Å². The Labute approximate surface area is 161 Å². The Morgan fingerprint density at radius 2 is 1.92 bits per heavy atom. The average molecular weight is 439 g/mol. The highest BCUT2D eigenvalue weighted by Gasteiger charge is 2.30.